The minimum atomic E-state index is -1.73. The number of carbonyl (C=O) groups is 2. The molecule has 10 heteroatoms. The van der Waals surface area contributed by atoms with Crippen LogP contribution in [0.5, 0.6) is 0 Å². The predicted molar refractivity (Wildman–Crippen MR) is 145 cm³/mol. The molecule has 1 aromatic rings. The number of hydrogen-bond donors (Lipinski definition) is 4. The molecule has 5 rings (SSSR count). The van der Waals surface area contributed by atoms with Gasteiger partial charge in [0.15, 0.2) is 18.0 Å². The molecule has 1 heterocycles. The Balaban J connectivity index is 1.80. The van der Waals surface area contributed by atoms with Crippen LogP contribution in [0.4, 0.5) is 0 Å². The summed E-state index contributed by atoms with van der Waals surface area (Å²) in [6.07, 6.45) is -6.81. The van der Waals surface area contributed by atoms with Crippen LogP contribution in [0.1, 0.15) is 72.7 Å². The van der Waals surface area contributed by atoms with Crippen LogP contribution in [0.2, 0.25) is 0 Å². The average molecular weight is 575 g/mol. The van der Waals surface area contributed by atoms with E-state index in [1.165, 1.54) is 13.8 Å². The third-order valence-electron chi connectivity index (χ3n) is 10.5. The molecule has 4 N–H and O–H groups in total. The number of aliphatic hydroxyl groups excluding tert-OH is 3. The topological polar surface area (TPSA) is 152 Å². The molecule has 0 radical (unpaired) electrons. The molecule has 0 amide bonds. The van der Waals surface area contributed by atoms with Gasteiger partial charge in [0.2, 0.25) is 0 Å². The smallest absolute Gasteiger partial charge is 0.303 e. The Bertz CT molecular complexity index is 1230. The fourth-order valence-electron chi connectivity index (χ4n) is 8.28. The maximum Gasteiger partial charge on any atom is 0.303 e. The minimum absolute atomic E-state index is 0.0257. The maximum atomic E-state index is 12.9. The van der Waals surface area contributed by atoms with Crippen molar-refractivity contribution in [1.29, 1.82) is 0 Å². The van der Waals surface area contributed by atoms with Crippen molar-refractivity contribution < 1.29 is 49.0 Å². The summed E-state index contributed by atoms with van der Waals surface area (Å²) in [6.45, 7) is 9.58. The van der Waals surface area contributed by atoms with Gasteiger partial charge in [-0.2, -0.15) is 0 Å². The second kappa shape index (κ2) is 10.1. The Morgan fingerprint density at radius 3 is 2.29 bits per heavy atom. The average Bonchev–Trinajstić information content (AvgIpc) is 2.89. The van der Waals surface area contributed by atoms with Gasteiger partial charge in [0.1, 0.15) is 17.8 Å². The van der Waals surface area contributed by atoms with E-state index in [-0.39, 0.29) is 19.4 Å². The van der Waals surface area contributed by atoms with Crippen LogP contribution in [-0.4, -0.2) is 80.7 Å². The summed E-state index contributed by atoms with van der Waals surface area (Å²) in [6, 6.07) is 8.69. The van der Waals surface area contributed by atoms with Crippen molar-refractivity contribution in [3.63, 3.8) is 0 Å². The van der Waals surface area contributed by atoms with Crippen LogP contribution in [0.25, 0.3) is 0 Å². The molecular formula is C31H42O10. The molecular weight excluding hydrogens is 532 g/mol. The summed E-state index contributed by atoms with van der Waals surface area (Å²) in [5.74, 6) is -2.31. The third-order valence-corrected chi connectivity index (χ3v) is 10.5. The standard InChI is InChI=1S/C31H42O10/c1-16-12-13-31(37)26(40-27(36)19-10-8-7-9-11-19)24-29(6,20(34)14-21-30(24,15-38-21)41-18(3)33)25(35)23(39-17(2)32)22(16)28(31,4)5/h7-11,20-21,23-27,34-37H,12-15H2,1-6H3/t20-,21+,23+,24-,25-,26-,27?,29+,30-,31+/m0/s1. The van der Waals surface area contributed by atoms with E-state index in [9.17, 15) is 30.0 Å². The summed E-state index contributed by atoms with van der Waals surface area (Å²) in [5, 5.41) is 48.3. The first kappa shape index (κ1) is 30.1. The number of carbonyl (C=O) groups excluding carboxylic acids is 2. The van der Waals surface area contributed by atoms with Crippen molar-refractivity contribution in [2.75, 3.05) is 6.61 Å². The van der Waals surface area contributed by atoms with Crippen LogP contribution < -0.4 is 0 Å². The van der Waals surface area contributed by atoms with E-state index in [2.05, 4.69) is 0 Å². The van der Waals surface area contributed by atoms with E-state index in [0.29, 0.717) is 17.6 Å². The molecule has 3 fully saturated rings. The fraction of sp³-hybridized carbons (Fsp3) is 0.677. The lowest BCUT2D eigenvalue weighted by Crippen LogP contribution is -2.82. The Labute approximate surface area is 240 Å². The molecule has 10 atom stereocenters. The van der Waals surface area contributed by atoms with Gasteiger partial charge in [-0.05, 0) is 25.3 Å². The molecule has 226 valence electrons. The zero-order valence-corrected chi connectivity index (χ0v) is 24.5. The van der Waals surface area contributed by atoms with Crippen molar-refractivity contribution in [1.82, 2.24) is 0 Å². The number of benzene rings is 1. The Morgan fingerprint density at radius 1 is 1.07 bits per heavy atom. The normalized spacial score (nSPS) is 42.0. The number of hydrogen-bond acceptors (Lipinski definition) is 10. The molecule has 3 aliphatic carbocycles. The van der Waals surface area contributed by atoms with Gasteiger partial charge in [-0.25, -0.2) is 0 Å². The lowest BCUT2D eigenvalue weighted by molar-refractivity contribution is -0.378. The number of esters is 2. The fourth-order valence-corrected chi connectivity index (χ4v) is 8.28. The van der Waals surface area contributed by atoms with E-state index in [1.807, 2.05) is 6.92 Å². The van der Waals surface area contributed by atoms with Crippen molar-refractivity contribution in [3.8, 4) is 0 Å². The molecule has 1 unspecified atom stereocenters. The second-order valence-electron chi connectivity index (χ2n) is 13.0. The van der Waals surface area contributed by atoms with Gasteiger partial charge in [-0.1, -0.05) is 56.7 Å². The van der Waals surface area contributed by atoms with Gasteiger partial charge in [0, 0.05) is 42.6 Å². The summed E-state index contributed by atoms with van der Waals surface area (Å²) in [4.78, 5) is 25.0. The Kier molecular flexibility index (Phi) is 7.45. The highest BCUT2D eigenvalue weighted by molar-refractivity contribution is 5.67. The molecule has 0 aromatic heterocycles. The van der Waals surface area contributed by atoms with Crippen LogP contribution in [-0.2, 0) is 28.5 Å². The maximum absolute atomic E-state index is 12.9. The van der Waals surface area contributed by atoms with Gasteiger partial charge >= 0.3 is 11.9 Å². The molecule has 1 aliphatic heterocycles. The van der Waals surface area contributed by atoms with Crippen LogP contribution in [0, 0.1) is 16.7 Å². The number of fused-ring (bicyclic) bond motifs is 5. The van der Waals surface area contributed by atoms with Gasteiger partial charge in [-0.3, -0.25) is 9.59 Å². The summed E-state index contributed by atoms with van der Waals surface area (Å²) < 4.78 is 24.2. The van der Waals surface area contributed by atoms with Crippen LogP contribution in [0.3, 0.4) is 0 Å². The highest BCUT2D eigenvalue weighted by Crippen LogP contribution is 2.65. The van der Waals surface area contributed by atoms with Crippen molar-refractivity contribution in [2.45, 2.75) is 109 Å². The molecule has 41 heavy (non-hydrogen) atoms. The van der Waals surface area contributed by atoms with E-state index < -0.39 is 76.7 Å². The number of rotatable bonds is 5. The molecule has 1 saturated heterocycles. The summed E-state index contributed by atoms with van der Waals surface area (Å²) >= 11 is 0. The second-order valence-corrected chi connectivity index (χ2v) is 13.0. The molecule has 0 spiro atoms. The minimum Gasteiger partial charge on any atom is -0.455 e. The van der Waals surface area contributed by atoms with Crippen molar-refractivity contribution in [2.24, 2.45) is 16.7 Å². The number of ether oxygens (including phenoxy) is 4. The molecule has 2 saturated carbocycles. The van der Waals surface area contributed by atoms with Gasteiger partial charge in [-0.15, -0.1) is 0 Å². The SMILES string of the molecule is CC(=O)O[C@@H]1C2=C(C)CC[C@@](O)([C@@H](OC(O)c3ccccc3)[C@@H]3[C@]4(OC(C)=O)CO[C@@H]4C[C@H](O)[C@@]3(C)[C@H]1O)C2(C)C. The zero-order valence-electron chi connectivity index (χ0n) is 24.5. The highest BCUT2D eigenvalue weighted by atomic mass is 16.6. The van der Waals surface area contributed by atoms with Gasteiger partial charge < -0.3 is 39.4 Å². The monoisotopic (exact) mass is 574 g/mol. The lowest BCUT2D eigenvalue weighted by atomic mass is 9.44. The first-order valence-electron chi connectivity index (χ1n) is 14.3. The van der Waals surface area contributed by atoms with Crippen LogP contribution >= 0.6 is 0 Å². The molecule has 10 nitrogen and oxygen atoms in total. The lowest BCUT2D eigenvalue weighted by Gasteiger charge is -2.69. The van der Waals surface area contributed by atoms with E-state index in [4.69, 9.17) is 18.9 Å². The predicted octanol–water partition coefficient (Wildman–Crippen LogP) is 2.32. The van der Waals surface area contributed by atoms with Crippen molar-refractivity contribution >= 4 is 11.9 Å². The highest BCUT2D eigenvalue weighted by Gasteiger charge is 2.77. The quantitative estimate of drug-likeness (QED) is 0.234. The largest absolute Gasteiger partial charge is 0.455 e. The van der Waals surface area contributed by atoms with Gasteiger partial charge in [0.05, 0.1) is 18.8 Å². The first-order valence-corrected chi connectivity index (χ1v) is 14.3. The van der Waals surface area contributed by atoms with Crippen LogP contribution in [0.15, 0.2) is 41.5 Å². The Hall–Kier alpha value is -2.34. The number of allylic oxidation sites excluding steroid dienone is 1. The summed E-state index contributed by atoms with van der Waals surface area (Å²) in [7, 11) is 0. The van der Waals surface area contributed by atoms with E-state index in [1.54, 1.807) is 51.1 Å². The first-order chi connectivity index (χ1) is 19.1. The zero-order chi connectivity index (χ0) is 30.1. The third kappa shape index (κ3) is 4.29. The summed E-state index contributed by atoms with van der Waals surface area (Å²) in [5.41, 5.74) is -4.01. The molecule has 1 aromatic carbocycles. The van der Waals surface area contributed by atoms with Gasteiger partial charge in [0.25, 0.3) is 0 Å². The molecule has 2 bridgehead atoms. The van der Waals surface area contributed by atoms with E-state index in [0.717, 1.165) is 5.57 Å². The molecule has 4 aliphatic rings. The Morgan fingerprint density at radius 2 is 1.73 bits per heavy atom. The number of aliphatic hydroxyl groups is 4. The van der Waals surface area contributed by atoms with E-state index >= 15 is 0 Å². The van der Waals surface area contributed by atoms with Crippen molar-refractivity contribution in [3.05, 3.63) is 47.0 Å².